The quantitative estimate of drug-likeness (QED) is 0.575. The summed E-state index contributed by atoms with van der Waals surface area (Å²) in [4.78, 5) is 0. The maximum atomic E-state index is 9.19. The number of hydrogen-bond acceptors (Lipinski definition) is 2. The fraction of sp³-hybridized carbons (Fsp3) is 0.0667. The van der Waals surface area contributed by atoms with E-state index < -0.39 is 6.29 Å². The van der Waals surface area contributed by atoms with Crippen LogP contribution >= 0.6 is 0 Å². The molecule has 0 aliphatic carbocycles. The third-order valence-electron chi connectivity index (χ3n) is 2.35. The van der Waals surface area contributed by atoms with Crippen LogP contribution in [0.5, 0.6) is 0 Å². The highest BCUT2D eigenvalue weighted by Gasteiger charge is 2.05. The van der Waals surface area contributed by atoms with Gasteiger partial charge in [0.25, 0.3) is 0 Å². The number of hydrogen-bond donors (Lipinski definition) is 2. The summed E-state index contributed by atoms with van der Waals surface area (Å²) >= 11 is 0. The molecule has 0 aliphatic rings. The lowest BCUT2D eigenvalue weighted by Crippen LogP contribution is -1.97. The van der Waals surface area contributed by atoms with Crippen molar-refractivity contribution in [2.75, 3.05) is 0 Å². The van der Waals surface area contributed by atoms with Gasteiger partial charge in [0.1, 0.15) is 0 Å². The van der Waals surface area contributed by atoms with Gasteiger partial charge in [-0.15, -0.1) is 0 Å². The van der Waals surface area contributed by atoms with Gasteiger partial charge in [0.15, 0.2) is 6.29 Å². The minimum Gasteiger partial charge on any atom is -0.364 e. The van der Waals surface area contributed by atoms with Crippen LogP contribution in [0.1, 0.15) is 23.0 Å². The Morgan fingerprint density at radius 2 is 1.41 bits per heavy atom. The summed E-state index contributed by atoms with van der Waals surface area (Å²) in [7, 11) is 0. The van der Waals surface area contributed by atoms with Gasteiger partial charge in [-0.25, -0.2) is 0 Å². The van der Waals surface area contributed by atoms with Crippen LogP contribution in [0.3, 0.4) is 0 Å². The van der Waals surface area contributed by atoms with Crippen LogP contribution in [0.2, 0.25) is 0 Å². The minimum absolute atomic E-state index is 0.427. The predicted octanol–water partition coefficient (Wildman–Crippen LogP) is 2.07. The molecule has 0 heterocycles. The summed E-state index contributed by atoms with van der Waals surface area (Å²) in [5.41, 5.74) is 1.96. The van der Waals surface area contributed by atoms with Gasteiger partial charge in [-0.05, 0) is 18.2 Å². The lowest BCUT2D eigenvalue weighted by atomic mass is 10.1. The maximum absolute atomic E-state index is 9.19. The average Bonchev–Trinajstić information content (AvgIpc) is 2.38. The number of benzene rings is 2. The Labute approximate surface area is 100 Å². The van der Waals surface area contributed by atoms with E-state index in [1.54, 1.807) is 18.2 Å². The van der Waals surface area contributed by atoms with E-state index in [0.717, 1.165) is 5.56 Å². The molecular weight excluding hydrogens is 212 g/mol. The molecule has 0 saturated heterocycles. The van der Waals surface area contributed by atoms with Crippen LogP contribution in [-0.4, -0.2) is 10.2 Å². The Balaban J connectivity index is 2.34. The first-order chi connectivity index (χ1) is 8.27. The standard InChI is InChI=1S/C15H12O2/c16-15(17)14-9-5-4-8-13(14)11-10-12-6-2-1-3-7-12/h1-9,15-17H. The van der Waals surface area contributed by atoms with E-state index in [0.29, 0.717) is 11.1 Å². The van der Waals surface area contributed by atoms with Gasteiger partial charge in [-0.2, -0.15) is 0 Å². The summed E-state index contributed by atoms with van der Waals surface area (Å²) in [5, 5.41) is 18.4. The molecule has 0 saturated carbocycles. The topological polar surface area (TPSA) is 40.5 Å². The predicted molar refractivity (Wildman–Crippen MR) is 66.0 cm³/mol. The molecule has 2 N–H and O–H groups in total. The number of rotatable bonds is 1. The lowest BCUT2D eigenvalue weighted by molar-refractivity contribution is -0.0426. The lowest BCUT2D eigenvalue weighted by Gasteiger charge is -2.05. The van der Waals surface area contributed by atoms with Crippen LogP contribution in [0.25, 0.3) is 0 Å². The second-order valence-corrected chi connectivity index (χ2v) is 3.58. The van der Waals surface area contributed by atoms with Crippen LogP contribution in [0.4, 0.5) is 0 Å². The monoisotopic (exact) mass is 224 g/mol. The molecule has 17 heavy (non-hydrogen) atoms. The molecule has 2 heteroatoms. The molecule has 0 unspecified atom stereocenters. The van der Waals surface area contributed by atoms with Crippen molar-refractivity contribution >= 4 is 0 Å². The second-order valence-electron chi connectivity index (χ2n) is 3.58. The largest absolute Gasteiger partial charge is 0.364 e. The number of aliphatic hydroxyl groups is 2. The molecule has 0 amide bonds. The molecule has 0 atom stereocenters. The van der Waals surface area contributed by atoms with Gasteiger partial charge in [0.2, 0.25) is 0 Å². The third kappa shape index (κ3) is 2.94. The minimum atomic E-state index is -1.49. The van der Waals surface area contributed by atoms with Crippen molar-refractivity contribution in [3.8, 4) is 11.8 Å². The molecule has 2 aromatic carbocycles. The molecule has 0 fully saturated rings. The van der Waals surface area contributed by atoms with Crippen molar-refractivity contribution in [1.29, 1.82) is 0 Å². The second kappa shape index (κ2) is 5.31. The normalized spacial score (nSPS) is 9.82. The molecule has 2 aromatic rings. The van der Waals surface area contributed by atoms with E-state index in [1.807, 2.05) is 36.4 Å². The molecule has 0 spiro atoms. The van der Waals surface area contributed by atoms with Gasteiger partial charge in [0.05, 0.1) is 0 Å². The van der Waals surface area contributed by atoms with Crippen molar-refractivity contribution in [3.05, 3.63) is 71.3 Å². The average molecular weight is 224 g/mol. The molecule has 0 bridgehead atoms. The Morgan fingerprint density at radius 1 is 0.765 bits per heavy atom. The van der Waals surface area contributed by atoms with Gasteiger partial charge in [-0.3, -0.25) is 0 Å². The summed E-state index contributed by atoms with van der Waals surface area (Å²) in [5.74, 6) is 5.92. The van der Waals surface area contributed by atoms with Crippen molar-refractivity contribution < 1.29 is 10.2 Å². The first kappa shape index (κ1) is 11.4. The van der Waals surface area contributed by atoms with Gasteiger partial charge in [0, 0.05) is 16.7 Å². The highest BCUT2D eigenvalue weighted by Crippen LogP contribution is 2.14. The van der Waals surface area contributed by atoms with Crippen LogP contribution in [0.15, 0.2) is 54.6 Å². The first-order valence-corrected chi connectivity index (χ1v) is 5.29. The van der Waals surface area contributed by atoms with Crippen molar-refractivity contribution in [3.63, 3.8) is 0 Å². The SMILES string of the molecule is OC(O)c1ccccc1C#Cc1ccccc1. The van der Waals surface area contributed by atoms with E-state index in [1.165, 1.54) is 0 Å². The summed E-state index contributed by atoms with van der Waals surface area (Å²) < 4.78 is 0. The Bertz CT molecular complexity index is 548. The van der Waals surface area contributed by atoms with Crippen LogP contribution < -0.4 is 0 Å². The van der Waals surface area contributed by atoms with E-state index in [9.17, 15) is 10.2 Å². The highest BCUT2D eigenvalue weighted by atomic mass is 16.5. The van der Waals surface area contributed by atoms with Crippen LogP contribution in [0, 0.1) is 11.8 Å². The van der Waals surface area contributed by atoms with E-state index in [2.05, 4.69) is 11.8 Å². The van der Waals surface area contributed by atoms with E-state index >= 15 is 0 Å². The van der Waals surface area contributed by atoms with Crippen molar-refractivity contribution in [2.45, 2.75) is 6.29 Å². The summed E-state index contributed by atoms with van der Waals surface area (Å²) in [6.07, 6.45) is -1.49. The zero-order valence-electron chi connectivity index (χ0n) is 9.17. The zero-order valence-corrected chi connectivity index (χ0v) is 9.17. The molecule has 0 aliphatic heterocycles. The van der Waals surface area contributed by atoms with Gasteiger partial charge < -0.3 is 10.2 Å². The Kier molecular flexibility index (Phi) is 3.56. The smallest absolute Gasteiger partial charge is 0.179 e. The first-order valence-electron chi connectivity index (χ1n) is 5.29. The molecule has 84 valence electrons. The Hall–Kier alpha value is -2.08. The molecular formula is C15H12O2. The fourth-order valence-electron chi connectivity index (χ4n) is 1.50. The van der Waals surface area contributed by atoms with Crippen LogP contribution in [-0.2, 0) is 0 Å². The molecule has 0 aromatic heterocycles. The fourth-order valence-corrected chi connectivity index (χ4v) is 1.50. The van der Waals surface area contributed by atoms with E-state index in [4.69, 9.17) is 0 Å². The molecule has 2 rings (SSSR count). The zero-order chi connectivity index (χ0) is 12.1. The molecule has 0 radical (unpaired) electrons. The van der Waals surface area contributed by atoms with Crippen molar-refractivity contribution in [2.24, 2.45) is 0 Å². The molecule has 2 nitrogen and oxygen atoms in total. The summed E-state index contributed by atoms with van der Waals surface area (Å²) in [6, 6.07) is 16.6. The van der Waals surface area contributed by atoms with Gasteiger partial charge >= 0.3 is 0 Å². The third-order valence-corrected chi connectivity index (χ3v) is 2.35. The maximum Gasteiger partial charge on any atom is 0.179 e. The Morgan fingerprint density at radius 3 is 2.12 bits per heavy atom. The van der Waals surface area contributed by atoms with Crippen molar-refractivity contribution in [1.82, 2.24) is 0 Å². The van der Waals surface area contributed by atoms with E-state index in [-0.39, 0.29) is 0 Å². The summed E-state index contributed by atoms with van der Waals surface area (Å²) in [6.45, 7) is 0. The number of aliphatic hydroxyl groups excluding tert-OH is 1. The van der Waals surface area contributed by atoms with Gasteiger partial charge in [-0.1, -0.05) is 48.2 Å². The highest BCUT2D eigenvalue weighted by molar-refractivity contribution is 5.46.